The van der Waals surface area contributed by atoms with Crippen molar-refractivity contribution in [3.8, 4) is 0 Å². The van der Waals surface area contributed by atoms with E-state index in [1.807, 2.05) is 21.1 Å². The van der Waals surface area contributed by atoms with Gasteiger partial charge in [0.1, 0.15) is 0 Å². The number of anilines is 1. The molecule has 180 valence electrons. The number of amides is 1. The average molecular weight is 557 g/mol. The maximum Gasteiger partial charge on any atom is 0.239 e. The molecule has 0 bridgehead atoms. The number of benzene rings is 1. The molecule has 1 unspecified atom stereocenters. The van der Waals surface area contributed by atoms with Crippen LogP contribution in [0.15, 0.2) is 23.2 Å². The van der Waals surface area contributed by atoms with Gasteiger partial charge in [-0.3, -0.25) is 14.7 Å². The van der Waals surface area contributed by atoms with Crippen molar-refractivity contribution >= 4 is 41.5 Å². The molecule has 1 amide bonds. The van der Waals surface area contributed by atoms with Gasteiger partial charge in [-0.05, 0) is 56.8 Å². The fourth-order valence-electron chi connectivity index (χ4n) is 4.72. The zero-order valence-corrected chi connectivity index (χ0v) is 22.8. The fraction of sp³-hybridized carbons (Fsp3) is 0.667. The summed E-state index contributed by atoms with van der Waals surface area (Å²) < 4.78 is 0. The first-order valence-electron chi connectivity index (χ1n) is 11.6. The van der Waals surface area contributed by atoms with Gasteiger partial charge in [-0.1, -0.05) is 12.1 Å². The predicted molar refractivity (Wildman–Crippen MR) is 144 cm³/mol. The zero-order valence-electron chi connectivity index (χ0n) is 20.4. The highest BCUT2D eigenvalue weighted by atomic mass is 127. The van der Waals surface area contributed by atoms with Crippen molar-refractivity contribution in [2.24, 2.45) is 4.99 Å². The van der Waals surface area contributed by atoms with Gasteiger partial charge in [0.15, 0.2) is 5.96 Å². The van der Waals surface area contributed by atoms with Crippen LogP contribution in [0.3, 0.4) is 0 Å². The van der Waals surface area contributed by atoms with E-state index in [-0.39, 0.29) is 35.9 Å². The number of nitrogens with zero attached hydrogens (tertiary/aromatic N) is 5. The standard InChI is InChI=1S/C24H40N6O.HI/c1-19-9-6-10-21(20(19)2)29-15-17-30(18-16-29)24(25-3)26-12-8-14-28-13-7-11-22(28)23(31)27(4)5;/h6,9-10,22H,7-8,11-18H2,1-5H3,(H,25,26);1H. The Labute approximate surface area is 211 Å². The predicted octanol–water partition coefficient (Wildman–Crippen LogP) is 2.56. The second-order valence-corrected chi connectivity index (χ2v) is 8.95. The monoisotopic (exact) mass is 556 g/mol. The van der Waals surface area contributed by atoms with Gasteiger partial charge in [-0.15, -0.1) is 24.0 Å². The van der Waals surface area contributed by atoms with Crippen LogP contribution in [0, 0.1) is 13.8 Å². The summed E-state index contributed by atoms with van der Waals surface area (Å²) in [5.74, 6) is 1.23. The van der Waals surface area contributed by atoms with Crippen LogP contribution in [0.25, 0.3) is 0 Å². The third kappa shape index (κ3) is 6.50. The lowest BCUT2D eigenvalue weighted by Gasteiger charge is -2.38. The molecule has 2 aliphatic heterocycles. The third-order valence-corrected chi connectivity index (χ3v) is 6.70. The minimum Gasteiger partial charge on any atom is -0.368 e. The largest absolute Gasteiger partial charge is 0.368 e. The van der Waals surface area contributed by atoms with Crippen LogP contribution in [0.2, 0.25) is 0 Å². The van der Waals surface area contributed by atoms with Gasteiger partial charge in [-0.2, -0.15) is 0 Å². The smallest absolute Gasteiger partial charge is 0.239 e. The first-order valence-corrected chi connectivity index (χ1v) is 11.6. The Bertz CT molecular complexity index is 776. The molecule has 0 aliphatic carbocycles. The molecule has 2 fully saturated rings. The Morgan fingerprint density at radius 3 is 2.53 bits per heavy atom. The second kappa shape index (κ2) is 12.6. The lowest BCUT2D eigenvalue weighted by atomic mass is 10.1. The Morgan fingerprint density at radius 2 is 1.88 bits per heavy atom. The molecule has 1 aromatic carbocycles. The number of guanidine groups is 1. The summed E-state index contributed by atoms with van der Waals surface area (Å²) in [6.45, 7) is 11.2. The van der Waals surface area contributed by atoms with E-state index in [0.29, 0.717) is 0 Å². The van der Waals surface area contributed by atoms with Gasteiger partial charge in [0.05, 0.1) is 6.04 Å². The fourth-order valence-corrected chi connectivity index (χ4v) is 4.72. The molecule has 1 atom stereocenters. The lowest BCUT2D eigenvalue weighted by Crippen LogP contribution is -2.53. The maximum atomic E-state index is 12.4. The third-order valence-electron chi connectivity index (χ3n) is 6.70. The van der Waals surface area contributed by atoms with Crippen LogP contribution < -0.4 is 10.2 Å². The number of aliphatic imine (C=N–C) groups is 1. The molecule has 3 rings (SSSR count). The van der Waals surface area contributed by atoms with Crippen molar-refractivity contribution in [3.05, 3.63) is 29.3 Å². The van der Waals surface area contributed by atoms with E-state index in [1.54, 1.807) is 4.90 Å². The molecule has 0 spiro atoms. The molecule has 0 aromatic heterocycles. The molecular weight excluding hydrogens is 515 g/mol. The first-order chi connectivity index (χ1) is 14.9. The lowest BCUT2D eigenvalue weighted by molar-refractivity contribution is -0.133. The van der Waals surface area contributed by atoms with Gasteiger partial charge in [0, 0.05) is 66.1 Å². The van der Waals surface area contributed by atoms with E-state index in [1.165, 1.54) is 16.8 Å². The summed E-state index contributed by atoms with van der Waals surface area (Å²) in [4.78, 5) is 25.8. The van der Waals surface area contributed by atoms with Gasteiger partial charge in [0.2, 0.25) is 5.91 Å². The van der Waals surface area contributed by atoms with Crippen molar-refractivity contribution in [1.29, 1.82) is 0 Å². The number of likely N-dealkylation sites (N-methyl/N-ethyl adjacent to an activating group) is 1. The number of halogens is 1. The molecule has 2 aliphatic rings. The van der Waals surface area contributed by atoms with E-state index < -0.39 is 0 Å². The molecule has 7 nitrogen and oxygen atoms in total. The molecular formula is C24H41IN6O. The highest BCUT2D eigenvalue weighted by molar-refractivity contribution is 14.0. The second-order valence-electron chi connectivity index (χ2n) is 8.95. The van der Waals surface area contributed by atoms with E-state index in [0.717, 1.165) is 71.0 Å². The Kier molecular flexibility index (Phi) is 10.5. The van der Waals surface area contributed by atoms with Gasteiger partial charge in [-0.25, -0.2) is 0 Å². The minimum absolute atomic E-state index is 0. The summed E-state index contributed by atoms with van der Waals surface area (Å²) >= 11 is 0. The zero-order chi connectivity index (χ0) is 22.4. The Morgan fingerprint density at radius 1 is 1.16 bits per heavy atom. The summed E-state index contributed by atoms with van der Waals surface area (Å²) in [6.07, 6.45) is 3.11. The summed E-state index contributed by atoms with van der Waals surface area (Å²) in [5.41, 5.74) is 4.09. The topological polar surface area (TPSA) is 54.4 Å². The first kappa shape index (κ1) is 26.7. The van der Waals surface area contributed by atoms with Crippen LogP contribution >= 0.6 is 24.0 Å². The van der Waals surface area contributed by atoms with E-state index >= 15 is 0 Å². The van der Waals surface area contributed by atoms with Gasteiger partial charge < -0.3 is 20.0 Å². The minimum atomic E-state index is 0. The normalized spacial score (nSPS) is 19.7. The molecule has 2 saturated heterocycles. The van der Waals surface area contributed by atoms with E-state index in [4.69, 9.17) is 0 Å². The van der Waals surface area contributed by atoms with Crippen molar-refractivity contribution in [2.75, 3.05) is 71.9 Å². The maximum absolute atomic E-state index is 12.4. The summed E-state index contributed by atoms with van der Waals surface area (Å²) in [6, 6.07) is 6.63. The number of carbonyl (C=O) groups is 1. The van der Waals surface area contributed by atoms with Crippen molar-refractivity contribution in [1.82, 2.24) is 20.0 Å². The summed E-state index contributed by atoms with van der Waals surface area (Å²) in [5, 5.41) is 3.54. The molecule has 1 N–H and O–H groups in total. The Balaban J connectivity index is 0.00000363. The molecule has 2 heterocycles. The quantitative estimate of drug-likeness (QED) is 0.253. The number of carbonyl (C=O) groups excluding carboxylic acids is 1. The number of piperazine rings is 1. The van der Waals surface area contributed by atoms with Crippen LogP contribution in [-0.2, 0) is 4.79 Å². The average Bonchev–Trinajstić information content (AvgIpc) is 3.24. The summed E-state index contributed by atoms with van der Waals surface area (Å²) in [7, 11) is 5.57. The van der Waals surface area contributed by atoms with Crippen LogP contribution in [0.1, 0.15) is 30.4 Å². The molecule has 0 saturated carbocycles. The van der Waals surface area contributed by atoms with Crippen molar-refractivity contribution in [2.45, 2.75) is 39.2 Å². The highest BCUT2D eigenvalue weighted by Gasteiger charge is 2.31. The van der Waals surface area contributed by atoms with Crippen LogP contribution in [0.5, 0.6) is 0 Å². The van der Waals surface area contributed by atoms with Crippen LogP contribution in [-0.4, -0.2) is 99.6 Å². The van der Waals surface area contributed by atoms with Gasteiger partial charge >= 0.3 is 0 Å². The number of aryl methyl sites for hydroxylation is 1. The molecule has 32 heavy (non-hydrogen) atoms. The number of hydrogen-bond acceptors (Lipinski definition) is 4. The SMILES string of the molecule is CN=C(NCCCN1CCCC1C(=O)N(C)C)N1CCN(c2cccc(C)c2C)CC1.I. The molecule has 1 aromatic rings. The van der Waals surface area contributed by atoms with Crippen molar-refractivity contribution in [3.63, 3.8) is 0 Å². The molecule has 0 radical (unpaired) electrons. The number of rotatable bonds is 6. The highest BCUT2D eigenvalue weighted by Crippen LogP contribution is 2.24. The van der Waals surface area contributed by atoms with E-state index in [2.05, 4.69) is 57.1 Å². The molecule has 8 heteroatoms. The number of hydrogen-bond donors (Lipinski definition) is 1. The number of likely N-dealkylation sites (tertiary alicyclic amines) is 1. The Hall–Kier alpha value is -1.55. The van der Waals surface area contributed by atoms with Crippen LogP contribution in [0.4, 0.5) is 5.69 Å². The number of nitrogens with one attached hydrogen (secondary N) is 1. The van der Waals surface area contributed by atoms with E-state index in [9.17, 15) is 4.79 Å². The van der Waals surface area contributed by atoms with Crippen molar-refractivity contribution < 1.29 is 4.79 Å². The van der Waals surface area contributed by atoms with Gasteiger partial charge in [0.25, 0.3) is 0 Å².